The second-order valence-corrected chi connectivity index (χ2v) is 4.10. The van der Waals surface area contributed by atoms with Crippen LogP contribution in [0.4, 0.5) is 5.82 Å². The number of nitrogens with zero attached hydrogens (tertiary/aromatic N) is 1. The minimum absolute atomic E-state index is 0.582. The topological polar surface area (TPSA) is 48.1 Å². The van der Waals surface area contributed by atoms with Crippen LogP contribution < -0.4 is 5.73 Å². The molecule has 0 saturated heterocycles. The van der Waals surface area contributed by atoms with E-state index in [0.29, 0.717) is 5.82 Å². The lowest BCUT2D eigenvalue weighted by Gasteiger charge is -2.01. The van der Waals surface area contributed by atoms with Gasteiger partial charge in [0.05, 0.1) is 0 Å². The van der Waals surface area contributed by atoms with Crippen molar-refractivity contribution in [3.05, 3.63) is 23.9 Å². The van der Waals surface area contributed by atoms with Gasteiger partial charge in [-0.3, -0.25) is 0 Å². The van der Waals surface area contributed by atoms with Gasteiger partial charge in [-0.25, -0.2) is 4.98 Å². The van der Waals surface area contributed by atoms with Crippen LogP contribution in [0.15, 0.2) is 18.3 Å². The molecule has 0 aromatic carbocycles. The van der Waals surface area contributed by atoms with Gasteiger partial charge < -0.3 is 10.5 Å². The number of nitrogen functional groups attached to an aromatic ring is 1. The van der Waals surface area contributed by atoms with Gasteiger partial charge in [-0.15, -0.1) is 0 Å². The molecule has 0 unspecified atom stereocenters. The molecule has 0 spiro atoms. The number of pyridine rings is 1. The van der Waals surface area contributed by atoms with E-state index in [9.17, 15) is 0 Å². The van der Waals surface area contributed by atoms with Gasteiger partial charge in [0.15, 0.2) is 0 Å². The van der Waals surface area contributed by atoms with Gasteiger partial charge in [0.2, 0.25) is 0 Å². The highest BCUT2D eigenvalue weighted by Crippen LogP contribution is 2.12. The Morgan fingerprint density at radius 2 is 2.36 bits per heavy atom. The third kappa shape index (κ3) is 4.48. The molecule has 0 bridgehead atoms. The summed E-state index contributed by atoms with van der Waals surface area (Å²) in [6, 6.07) is 3.86. The normalized spacial score (nSPS) is 10.4. The largest absolute Gasteiger partial charge is 0.385 e. The molecule has 1 aromatic rings. The highest BCUT2D eigenvalue weighted by molar-refractivity contribution is 7.98. The molecule has 0 fully saturated rings. The van der Waals surface area contributed by atoms with Gasteiger partial charge in [-0.2, -0.15) is 11.8 Å². The number of thioether (sulfide) groups is 1. The van der Waals surface area contributed by atoms with Gasteiger partial charge in [-0.1, -0.05) is 6.07 Å². The van der Waals surface area contributed by atoms with E-state index in [1.165, 1.54) is 5.56 Å². The second-order valence-electron chi connectivity index (χ2n) is 2.99. The number of nitrogens with two attached hydrogens (primary N) is 1. The summed E-state index contributed by atoms with van der Waals surface area (Å²) in [5.74, 6) is 2.70. The summed E-state index contributed by atoms with van der Waals surface area (Å²) in [6.45, 7) is 0.840. The van der Waals surface area contributed by atoms with Crippen molar-refractivity contribution in [2.45, 2.75) is 12.2 Å². The first-order valence-corrected chi connectivity index (χ1v) is 5.75. The van der Waals surface area contributed by atoms with Gasteiger partial charge in [-0.05, 0) is 23.8 Å². The van der Waals surface area contributed by atoms with Crippen LogP contribution in [0.3, 0.4) is 0 Å². The van der Waals surface area contributed by atoms with E-state index in [0.717, 1.165) is 24.5 Å². The number of hydrogen-bond acceptors (Lipinski definition) is 4. The van der Waals surface area contributed by atoms with Crippen LogP contribution in [0.2, 0.25) is 0 Å². The summed E-state index contributed by atoms with van der Waals surface area (Å²) in [6.07, 6.45) is 2.93. The number of methoxy groups -OCH3 is 1. The van der Waals surface area contributed by atoms with E-state index in [1.54, 1.807) is 7.11 Å². The van der Waals surface area contributed by atoms with Crippen molar-refractivity contribution in [2.75, 3.05) is 25.2 Å². The summed E-state index contributed by atoms with van der Waals surface area (Å²) in [4.78, 5) is 4.03. The molecule has 14 heavy (non-hydrogen) atoms. The van der Waals surface area contributed by atoms with Gasteiger partial charge in [0.25, 0.3) is 0 Å². The molecule has 1 heterocycles. The molecular weight excluding hydrogens is 196 g/mol. The fourth-order valence-electron chi connectivity index (χ4n) is 1.02. The molecule has 0 aliphatic carbocycles. The monoisotopic (exact) mass is 212 g/mol. The van der Waals surface area contributed by atoms with Crippen molar-refractivity contribution in [1.82, 2.24) is 4.98 Å². The van der Waals surface area contributed by atoms with Crippen molar-refractivity contribution in [3.63, 3.8) is 0 Å². The SMILES string of the molecule is COCCCSCc1ccc(N)nc1. The molecule has 4 heteroatoms. The molecule has 0 atom stereocenters. The van der Waals surface area contributed by atoms with Crippen molar-refractivity contribution in [1.29, 1.82) is 0 Å². The van der Waals surface area contributed by atoms with E-state index in [-0.39, 0.29) is 0 Å². The minimum atomic E-state index is 0.582. The second kappa shape index (κ2) is 6.68. The van der Waals surface area contributed by atoms with Crippen LogP contribution in [0.25, 0.3) is 0 Å². The number of anilines is 1. The lowest BCUT2D eigenvalue weighted by molar-refractivity contribution is 0.200. The molecule has 0 amide bonds. The van der Waals surface area contributed by atoms with Crippen LogP contribution in [-0.2, 0) is 10.5 Å². The first-order chi connectivity index (χ1) is 6.83. The fraction of sp³-hybridized carbons (Fsp3) is 0.500. The Hall–Kier alpha value is -0.740. The quantitative estimate of drug-likeness (QED) is 0.732. The van der Waals surface area contributed by atoms with Gasteiger partial charge >= 0.3 is 0 Å². The van der Waals surface area contributed by atoms with Crippen molar-refractivity contribution in [3.8, 4) is 0 Å². The van der Waals surface area contributed by atoms with E-state index in [4.69, 9.17) is 10.5 Å². The zero-order valence-corrected chi connectivity index (χ0v) is 9.22. The number of aromatic nitrogens is 1. The zero-order valence-electron chi connectivity index (χ0n) is 8.40. The Morgan fingerprint density at radius 1 is 1.50 bits per heavy atom. The van der Waals surface area contributed by atoms with Gasteiger partial charge in [0, 0.05) is 25.7 Å². The number of hydrogen-bond donors (Lipinski definition) is 1. The van der Waals surface area contributed by atoms with Crippen molar-refractivity contribution in [2.24, 2.45) is 0 Å². The van der Waals surface area contributed by atoms with E-state index in [1.807, 2.05) is 30.1 Å². The summed E-state index contributed by atoms with van der Waals surface area (Å²) in [5, 5.41) is 0. The Balaban J connectivity index is 2.15. The van der Waals surface area contributed by atoms with Crippen LogP contribution in [0.1, 0.15) is 12.0 Å². The van der Waals surface area contributed by atoms with E-state index < -0.39 is 0 Å². The maximum atomic E-state index is 5.49. The molecule has 0 aliphatic heterocycles. The van der Waals surface area contributed by atoms with Crippen LogP contribution in [0.5, 0.6) is 0 Å². The molecule has 1 rings (SSSR count). The fourth-order valence-corrected chi connectivity index (χ4v) is 1.89. The Bertz CT molecular complexity index is 251. The highest BCUT2D eigenvalue weighted by atomic mass is 32.2. The first-order valence-electron chi connectivity index (χ1n) is 4.60. The van der Waals surface area contributed by atoms with Crippen LogP contribution >= 0.6 is 11.8 Å². The number of rotatable bonds is 6. The summed E-state index contributed by atoms with van der Waals surface area (Å²) >= 11 is 1.89. The maximum absolute atomic E-state index is 5.49. The Kier molecular flexibility index (Phi) is 5.40. The molecule has 1 aromatic heterocycles. The van der Waals surface area contributed by atoms with E-state index in [2.05, 4.69) is 4.98 Å². The third-order valence-electron chi connectivity index (χ3n) is 1.75. The smallest absolute Gasteiger partial charge is 0.123 e. The highest BCUT2D eigenvalue weighted by Gasteiger charge is 1.94. The number of ether oxygens (including phenoxy) is 1. The standard InChI is InChI=1S/C10H16N2OS/c1-13-5-2-6-14-8-9-3-4-10(11)12-7-9/h3-4,7H,2,5-6,8H2,1H3,(H2,11,12). The maximum Gasteiger partial charge on any atom is 0.123 e. The minimum Gasteiger partial charge on any atom is -0.385 e. The van der Waals surface area contributed by atoms with Crippen molar-refractivity contribution >= 4 is 17.6 Å². The molecule has 3 nitrogen and oxygen atoms in total. The predicted octanol–water partition coefficient (Wildman–Crippen LogP) is 1.93. The summed E-state index contributed by atoms with van der Waals surface area (Å²) in [5.41, 5.74) is 6.71. The van der Waals surface area contributed by atoms with E-state index >= 15 is 0 Å². The zero-order chi connectivity index (χ0) is 10.2. The van der Waals surface area contributed by atoms with Crippen LogP contribution in [0, 0.1) is 0 Å². The molecule has 0 aliphatic rings. The Morgan fingerprint density at radius 3 is 3.00 bits per heavy atom. The molecule has 2 N–H and O–H groups in total. The lowest BCUT2D eigenvalue weighted by Crippen LogP contribution is -1.93. The molecule has 0 radical (unpaired) electrons. The average Bonchev–Trinajstić information content (AvgIpc) is 2.21. The first kappa shape index (κ1) is 11.3. The Labute approximate surface area is 89.1 Å². The predicted molar refractivity (Wildman–Crippen MR) is 61.3 cm³/mol. The molecule has 78 valence electrons. The molecule has 0 saturated carbocycles. The van der Waals surface area contributed by atoms with Crippen molar-refractivity contribution < 1.29 is 4.74 Å². The third-order valence-corrected chi connectivity index (χ3v) is 2.87. The lowest BCUT2D eigenvalue weighted by atomic mass is 10.3. The van der Waals surface area contributed by atoms with Crippen LogP contribution in [-0.4, -0.2) is 24.5 Å². The molecular formula is C10H16N2OS. The summed E-state index contributed by atoms with van der Waals surface area (Å²) in [7, 11) is 1.73. The summed E-state index contributed by atoms with van der Waals surface area (Å²) < 4.78 is 4.97. The van der Waals surface area contributed by atoms with Gasteiger partial charge in [0.1, 0.15) is 5.82 Å². The average molecular weight is 212 g/mol.